The van der Waals surface area contributed by atoms with E-state index in [2.05, 4.69) is 23.0 Å². The summed E-state index contributed by atoms with van der Waals surface area (Å²) in [5.74, 6) is 3.04. The Balaban J connectivity index is 2.09. The monoisotopic (exact) mass is 241 g/mol. The molecule has 1 aromatic carbocycles. The molecular weight excluding hydrogens is 222 g/mol. The molecule has 1 fully saturated rings. The molecule has 2 heteroatoms. The molecule has 0 saturated heterocycles. The fourth-order valence-corrected chi connectivity index (χ4v) is 2.52. The molecule has 2 nitrogen and oxygen atoms in total. The van der Waals surface area contributed by atoms with Crippen LogP contribution in [0.5, 0.6) is 0 Å². The van der Waals surface area contributed by atoms with Crippen molar-refractivity contribution < 1.29 is 4.79 Å². The maximum atomic E-state index is 11.6. The second-order valence-corrected chi connectivity index (χ2v) is 4.79. The number of allylic oxidation sites excluding steroid dienone is 1. The lowest BCUT2D eigenvalue weighted by molar-refractivity contribution is 0.100. The van der Waals surface area contributed by atoms with E-state index in [9.17, 15) is 4.79 Å². The van der Waals surface area contributed by atoms with Gasteiger partial charge in [-0.05, 0) is 55.3 Å². The highest BCUT2D eigenvalue weighted by Crippen LogP contribution is 2.32. The van der Waals surface area contributed by atoms with Crippen molar-refractivity contribution >= 4 is 11.8 Å². The first-order chi connectivity index (χ1) is 8.81. The van der Waals surface area contributed by atoms with Crippen LogP contribution in [0.4, 0.5) is 0 Å². The standard InChI is InChI=1S/C16H19NO/c1-2-12-17-16(18)15-10-8-14(9-11-15)13-6-4-3-5-7-13/h2,8-11,13H,3-7H2,1H3. The third-order valence-corrected chi connectivity index (χ3v) is 3.53. The van der Waals surface area contributed by atoms with Crippen LogP contribution in [-0.4, -0.2) is 11.8 Å². The number of hydrogen-bond acceptors (Lipinski definition) is 1. The molecule has 0 aliphatic heterocycles. The fourth-order valence-electron chi connectivity index (χ4n) is 2.52. The van der Waals surface area contributed by atoms with Crippen molar-refractivity contribution in [3.05, 3.63) is 41.5 Å². The van der Waals surface area contributed by atoms with Crippen LogP contribution >= 0.6 is 0 Å². The molecule has 18 heavy (non-hydrogen) atoms. The summed E-state index contributed by atoms with van der Waals surface area (Å²) in [5.41, 5.74) is 2.00. The quantitative estimate of drug-likeness (QED) is 0.716. The van der Waals surface area contributed by atoms with Gasteiger partial charge in [0.15, 0.2) is 0 Å². The largest absolute Gasteiger partial charge is 0.285 e. The van der Waals surface area contributed by atoms with Crippen molar-refractivity contribution in [2.24, 2.45) is 4.99 Å². The van der Waals surface area contributed by atoms with Gasteiger partial charge in [0.05, 0.1) is 0 Å². The minimum Gasteiger partial charge on any atom is -0.266 e. The van der Waals surface area contributed by atoms with E-state index in [0.29, 0.717) is 11.5 Å². The molecule has 0 N–H and O–H groups in total. The summed E-state index contributed by atoms with van der Waals surface area (Å²) in [5, 5.41) is 0. The average Bonchev–Trinajstić information content (AvgIpc) is 2.46. The lowest BCUT2D eigenvalue weighted by Crippen LogP contribution is -2.04. The maximum absolute atomic E-state index is 11.6. The number of nitrogens with zero attached hydrogens (tertiary/aromatic N) is 1. The van der Waals surface area contributed by atoms with Gasteiger partial charge >= 0.3 is 0 Å². The smallest absolute Gasteiger partial charge is 0.266 e. The van der Waals surface area contributed by atoms with Gasteiger partial charge in [0.1, 0.15) is 0 Å². The topological polar surface area (TPSA) is 29.4 Å². The van der Waals surface area contributed by atoms with Gasteiger partial charge in [-0.2, -0.15) is 4.99 Å². The molecule has 0 heterocycles. The van der Waals surface area contributed by atoms with E-state index in [1.165, 1.54) is 37.7 Å². The number of rotatable bonds is 2. The Hall–Kier alpha value is -1.66. The zero-order chi connectivity index (χ0) is 12.8. The van der Waals surface area contributed by atoms with Gasteiger partial charge in [0, 0.05) is 5.56 Å². The zero-order valence-electron chi connectivity index (χ0n) is 10.9. The molecule has 1 saturated carbocycles. The summed E-state index contributed by atoms with van der Waals surface area (Å²) in [4.78, 5) is 15.4. The maximum Gasteiger partial charge on any atom is 0.285 e. The van der Waals surface area contributed by atoms with E-state index >= 15 is 0 Å². The molecule has 0 atom stereocenters. The summed E-state index contributed by atoms with van der Waals surface area (Å²) < 4.78 is 0. The molecule has 2 rings (SSSR count). The Bertz CT molecular complexity index is 460. The summed E-state index contributed by atoms with van der Waals surface area (Å²) in [6, 6.07) is 7.92. The van der Waals surface area contributed by atoms with E-state index < -0.39 is 0 Å². The van der Waals surface area contributed by atoms with Crippen molar-refractivity contribution in [1.82, 2.24) is 0 Å². The van der Waals surface area contributed by atoms with Crippen molar-refractivity contribution in [1.29, 1.82) is 0 Å². The lowest BCUT2D eigenvalue weighted by atomic mass is 9.84. The van der Waals surface area contributed by atoms with Gasteiger partial charge in [-0.25, -0.2) is 0 Å². The first-order valence-electron chi connectivity index (χ1n) is 6.69. The van der Waals surface area contributed by atoms with Gasteiger partial charge in [-0.3, -0.25) is 4.79 Å². The van der Waals surface area contributed by atoms with Crippen molar-refractivity contribution in [3.8, 4) is 0 Å². The molecule has 1 aromatic rings. The van der Waals surface area contributed by atoms with Crippen LogP contribution in [0.2, 0.25) is 0 Å². The van der Waals surface area contributed by atoms with E-state index in [1.54, 1.807) is 13.0 Å². The molecule has 0 unspecified atom stereocenters. The average molecular weight is 241 g/mol. The van der Waals surface area contributed by atoms with Crippen LogP contribution in [0.3, 0.4) is 0 Å². The van der Waals surface area contributed by atoms with E-state index in [-0.39, 0.29) is 5.91 Å². The molecule has 1 amide bonds. The van der Waals surface area contributed by atoms with Crippen LogP contribution in [0.1, 0.15) is 60.9 Å². The van der Waals surface area contributed by atoms with Gasteiger partial charge in [-0.1, -0.05) is 31.4 Å². The number of carbonyl (C=O) groups excluding carboxylic acids is 1. The Morgan fingerprint density at radius 2 is 1.89 bits per heavy atom. The molecular formula is C16H19NO. The van der Waals surface area contributed by atoms with Crippen molar-refractivity contribution in [2.75, 3.05) is 0 Å². The SMILES string of the molecule is CC=C=NC(=O)c1ccc(C2CCCCC2)cc1. The Labute approximate surface area is 108 Å². The summed E-state index contributed by atoms with van der Waals surface area (Å²) in [6.07, 6.45) is 8.22. The molecule has 1 aliphatic carbocycles. The highest BCUT2D eigenvalue weighted by molar-refractivity contribution is 5.98. The van der Waals surface area contributed by atoms with Gasteiger partial charge in [-0.15, -0.1) is 0 Å². The normalized spacial score (nSPS) is 15.8. The van der Waals surface area contributed by atoms with Crippen LogP contribution < -0.4 is 0 Å². The first kappa shape index (κ1) is 12.8. The molecule has 0 bridgehead atoms. The fraction of sp³-hybridized carbons (Fsp3) is 0.438. The number of carbonyl (C=O) groups is 1. The highest BCUT2D eigenvalue weighted by Gasteiger charge is 2.15. The minimum atomic E-state index is -0.219. The van der Waals surface area contributed by atoms with Crippen molar-refractivity contribution in [2.45, 2.75) is 44.9 Å². The summed E-state index contributed by atoms with van der Waals surface area (Å²) in [6.45, 7) is 1.79. The van der Waals surface area contributed by atoms with E-state index in [1.807, 2.05) is 12.1 Å². The predicted octanol–water partition coefficient (Wildman–Crippen LogP) is 4.12. The number of benzene rings is 1. The minimum absolute atomic E-state index is 0.219. The zero-order valence-corrected chi connectivity index (χ0v) is 10.9. The lowest BCUT2D eigenvalue weighted by Gasteiger charge is -2.21. The third-order valence-electron chi connectivity index (χ3n) is 3.53. The predicted molar refractivity (Wildman–Crippen MR) is 74.3 cm³/mol. The molecule has 0 radical (unpaired) electrons. The first-order valence-corrected chi connectivity index (χ1v) is 6.69. The summed E-state index contributed by atoms with van der Waals surface area (Å²) >= 11 is 0. The highest BCUT2D eigenvalue weighted by atomic mass is 16.1. The molecule has 0 aromatic heterocycles. The molecule has 94 valence electrons. The van der Waals surface area contributed by atoms with Crippen molar-refractivity contribution in [3.63, 3.8) is 0 Å². The van der Waals surface area contributed by atoms with Gasteiger partial charge in [0.25, 0.3) is 5.91 Å². The van der Waals surface area contributed by atoms with Gasteiger partial charge < -0.3 is 0 Å². The molecule has 1 aliphatic rings. The number of amides is 1. The van der Waals surface area contributed by atoms with Crippen LogP contribution in [0.15, 0.2) is 35.3 Å². The van der Waals surface area contributed by atoms with Gasteiger partial charge in [0.2, 0.25) is 0 Å². The van der Waals surface area contributed by atoms with E-state index in [0.717, 1.165) is 0 Å². The third kappa shape index (κ3) is 3.18. The Kier molecular flexibility index (Phi) is 4.49. The molecule has 0 spiro atoms. The van der Waals surface area contributed by atoms with Crippen LogP contribution in [0, 0.1) is 0 Å². The second kappa shape index (κ2) is 6.32. The van der Waals surface area contributed by atoms with E-state index in [4.69, 9.17) is 0 Å². The van der Waals surface area contributed by atoms with Crippen LogP contribution in [0.25, 0.3) is 0 Å². The Morgan fingerprint density at radius 1 is 1.22 bits per heavy atom. The Morgan fingerprint density at radius 3 is 2.50 bits per heavy atom. The number of aliphatic imine (C=N–C) groups is 1. The number of hydrogen-bond donors (Lipinski definition) is 0. The second-order valence-electron chi connectivity index (χ2n) is 4.79. The summed E-state index contributed by atoms with van der Waals surface area (Å²) in [7, 11) is 0. The van der Waals surface area contributed by atoms with Crippen LogP contribution in [-0.2, 0) is 0 Å².